The van der Waals surface area contributed by atoms with Gasteiger partial charge >= 0.3 is 0 Å². The largest absolute Gasteiger partial charge is 0.496 e. The molecule has 1 heterocycles. The molecule has 0 saturated heterocycles. The molecule has 1 amide bonds. The van der Waals surface area contributed by atoms with Crippen LogP contribution in [0, 0.1) is 0 Å². The van der Waals surface area contributed by atoms with E-state index in [9.17, 15) is 4.79 Å². The molecular weight excluding hydrogens is 515 g/mol. The molecule has 0 spiro atoms. The highest BCUT2D eigenvalue weighted by Gasteiger charge is 2.38. The SMILES string of the molecule is CN=C(NCC1CC(=O)Nc2ccccc21)NCC1(c2ccccc2OC)CCCC1.I. The van der Waals surface area contributed by atoms with Crippen LogP contribution < -0.4 is 20.7 Å². The highest BCUT2D eigenvalue weighted by molar-refractivity contribution is 14.0. The first-order valence-corrected chi connectivity index (χ1v) is 11.1. The Morgan fingerprint density at radius 2 is 1.84 bits per heavy atom. The summed E-state index contributed by atoms with van der Waals surface area (Å²) in [5.74, 6) is 1.91. The lowest BCUT2D eigenvalue weighted by Gasteiger charge is -2.32. The molecule has 1 aliphatic heterocycles. The Labute approximate surface area is 207 Å². The number of benzene rings is 2. The van der Waals surface area contributed by atoms with E-state index in [2.05, 4.69) is 39.1 Å². The van der Waals surface area contributed by atoms with E-state index in [1.165, 1.54) is 24.0 Å². The molecule has 1 atom stereocenters. The van der Waals surface area contributed by atoms with Gasteiger partial charge in [-0.25, -0.2) is 0 Å². The molecule has 3 N–H and O–H groups in total. The second kappa shape index (κ2) is 11.0. The van der Waals surface area contributed by atoms with Crippen LogP contribution >= 0.6 is 24.0 Å². The van der Waals surface area contributed by atoms with Gasteiger partial charge in [-0.3, -0.25) is 9.79 Å². The monoisotopic (exact) mass is 548 g/mol. The lowest BCUT2D eigenvalue weighted by molar-refractivity contribution is -0.116. The summed E-state index contributed by atoms with van der Waals surface area (Å²) < 4.78 is 5.67. The average molecular weight is 548 g/mol. The topological polar surface area (TPSA) is 74.8 Å². The van der Waals surface area contributed by atoms with Crippen molar-refractivity contribution in [3.63, 3.8) is 0 Å². The second-order valence-corrected chi connectivity index (χ2v) is 8.53. The van der Waals surface area contributed by atoms with E-state index in [0.717, 1.165) is 36.8 Å². The normalized spacial score (nSPS) is 19.4. The molecule has 2 aromatic rings. The van der Waals surface area contributed by atoms with Crippen LogP contribution in [0.25, 0.3) is 0 Å². The first-order valence-electron chi connectivity index (χ1n) is 11.1. The van der Waals surface area contributed by atoms with Gasteiger partial charge in [0.2, 0.25) is 5.91 Å². The van der Waals surface area contributed by atoms with Gasteiger partial charge in [0.1, 0.15) is 5.75 Å². The van der Waals surface area contributed by atoms with Crippen LogP contribution in [0.5, 0.6) is 5.75 Å². The van der Waals surface area contributed by atoms with Gasteiger partial charge in [-0.2, -0.15) is 0 Å². The summed E-state index contributed by atoms with van der Waals surface area (Å²) in [5, 5.41) is 9.97. The number of fused-ring (bicyclic) bond motifs is 1. The van der Waals surface area contributed by atoms with Gasteiger partial charge in [-0.15, -0.1) is 24.0 Å². The van der Waals surface area contributed by atoms with E-state index >= 15 is 0 Å². The number of hydrogen-bond acceptors (Lipinski definition) is 3. The Balaban J connectivity index is 0.00000289. The van der Waals surface area contributed by atoms with Crippen LogP contribution in [-0.4, -0.2) is 39.1 Å². The Hall–Kier alpha value is -2.29. The molecule has 1 fully saturated rings. The smallest absolute Gasteiger partial charge is 0.225 e. The Morgan fingerprint density at radius 1 is 1.12 bits per heavy atom. The lowest BCUT2D eigenvalue weighted by Crippen LogP contribution is -2.46. The number of halogens is 1. The van der Waals surface area contributed by atoms with Crippen LogP contribution in [0.4, 0.5) is 5.69 Å². The third-order valence-electron chi connectivity index (χ3n) is 6.68. The van der Waals surface area contributed by atoms with Gasteiger partial charge in [0.25, 0.3) is 0 Å². The summed E-state index contributed by atoms with van der Waals surface area (Å²) in [6.07, 6.45) is 5.19. The number of methoxy groups -OCH3 is 1. The Kier molecular flexibility index (Phi) is 8.39. The number of carbonyl (C=O) groups is 1. The van der Waals surface area contributed by atoms with E-state index in [0.29, 0.717) is 13.0 Å². The fourth-order valence-corrected chi connectivity index (χ4v) is 5.05. The molecule has 1 unspecified atom stereocenters. The predicted molar refractivity (Wildman–Crippen MR) is 140 cm³/mol. The minimum absolute atomic E-state index is 0. The second-order valence-electron chi connectivity index (χ2n) is 8.53. The summed E-state index contributed by atoms with van der Waals surface area (Å²) in [7, 11) is 3.54. The highest BCUT2D eigenvalue weighted by atomic mass is 127. The summed E-state index contributed by atoms with van der Waals surface area (Å²) in [6.45, 7) is 1.46. The van der Waals surface area contributed by atoms with Gasteiger partial charge in [0, 0.05) is 49.1 Å². The Bertz CT molecular complexity index is 956. The zero-order chi connectivity index (χ0) is 21.7. The van der Waals surface area contributed by atoms with Crippen molar-refractivity contribution in [1.82, 2.24) is 10.6 Å². The molecule has 2 aromatic carbocycles. The predicted octanol–water partition coefficient (Wildman–Crippen LogP) is 4.42. The van der Waals surface area contributed by atoms with Gasteiger partial charge in [-0.05, 0) is 30.5 Å². The maximum atomic E-state index is 12.1. The first-order chi connectivity index (χ1) is 15.1. The summed E-state index contributed by atoms with van der Waals surface area (Å²) >= 11 is 0. The van der Waals surface area contributed by atoms with Crippen molar-refractivity contribution >= 4 is 41.5 Å². The molecule has 0 aromatic heterocycles. The minimum Gasteiger partial charge on any atom is -0.496 e. The van der Waals surface area contributed by atoms with Gasteiger partial charge in [-0.1, -0.05) is 49.2 Å². The number of guanidine groups is 1. The van der Waals surface area contributed by atoms with Crippen molar-refractivity contribution < 1.29 is 9.53 Å². The van der Waals surface area contributed by atoms with E-state index < -0.39 is 0 Å². The van der Waals surface area contributed by atoms with Gasteiger partial charge in [0.05, 0.1) is 7.11 Å². The van der Waals surface area contributed by atoms with Crippen LogP contribution in [0.2, 0.25) is 0 Å². The summed E-state index contributed by atoms with van der Waals surface area (Å²) in [5.41, 5.74) is 3.40. The molecule has 0 radical (unpaired) electrons. The number of ether oxygens (including phenoxy) is 1. The summed E-state index contributed by atoms with van der Waals surface area (Å²) in [4.78, 5) is 16.6. The van der Waals surface area contributed by atoms with Crippen molar-refractivity contribution in [3.8, 4) is 5.75 Å². The van der Waals surface area contributed by atoms with Gasteiger partial charge in [0.15, 0.2) is 5.96 Å². The fourth-order valence-electron chi connectivity index (χ4n) is 5.05. The van der Waals surface area contributed by atoms with E-state index in [1.54, 1.807) is 14.2 Å². The number of anilines is 1. The molecule has 32 heavy (non-hydrogen) atoms. The maximum Gasteiger partial charge on any atom is 0.225 e. The van der Waals surface area contributed by atoms with Crippen molar-refractivity contribution in [2.24, 2.45) is 4.99 Å². The molecule has 1 aliphatic carbocycles. The Morgan fingerprint density at radius 3 is 2.59 bits per heavy atom. The van der Waals surface area contributed by atoms with Crippen molar-refractivity contribution in [3.05, 3.63) is 59.7 Å². The third-order valence-corrected chi connectivity index (χ3v) is 6.68. The van der Waals surface area contributed by atoms with E-state index in [4.69, 9.17) is 4.74 Å². The fraction of sp³-hybridized carbons (Fsp3) is 0.440. The maximum absolute atomic E-state index is 12.1. The number of nitrogens with one attached hydrogen (secondary N) is 3. The van der Waals surface area contributed by atoms with Crippen molar-refractivity contribution in [1.29, 1.82) is 0 Å². The number of para-hydroxylation sites is 2. The molecule has 6 nitrogen and oxygen atoms in total. The zero-order valence-corrected chi connectivity index (χ0v) is 21.1. The van der Waals surface area contributed by atoms with Crippen molar-refractivity contribution in [2.75, 3.05) is 32.6 Å². The minimum atomic E-state index is 0. The number of hydrogen-bond donors (Lipinski definition) is 3. The number of aliphatic imine (C=N–C) groups is 1. The molecule has 172 valence electrons. The zero-order valence-electron chi connectivity index (χ0n) is 18.8. The molecule has 1 saturated carbocycles. The van der Waals surface area contributed by atoms with Crippen molar-refractivity contribution in [2.45, 2.75) is 43.4 Å². The third kappa shape index (κ3) is 5.19. The molecular formula is C25H33IN4O2. The van der Waals surface area contributed by atoms with Crippen LogP contribution in [0.15, 0.2) is 53.5 Å². The number of amides is 1. The van der Waals surface area contributed by atoms with E-state index in [-0.39, 0.29) is 41.2 Å². The quantitative estimate of drug-likeness (QED) is 0.284. The average Bonchev–Trinajstić information content (AvgIpc) is 3.29. The van der Waals surface area contributed by atoms with Gasteiger partial charge < -0.3 is 20.7 Å². The highest BCUT2D eigenvalue weighted by Crippen LogP contribution is 2.44. The van der Waals surface area contributed by atoms with Crippen LogP contribution in [-0.2, 0) is 10.2 Å². The molecule has 7 heteroatoms. The molecule has 0 bridgehead atoms. The number of carbonyl (C=O) groups excluding carboxylic acids is 1. The standard InChI is InChI=1S/C25H32N4O2.HI/c1-26-24(27-16-18-15-23(30)29-21-11-5-3-9-19(18)21)28-17-25(13-7-8-14-25)20-10-4-6-12-22(20)31-2;/h3-6,9-12,18H,7-8,13-17H2,1-2H3,(H,29,30)(H2,26,27,28);1H. The molecule has 2 aliphatic rings. The number of nitrogens with zero attached hydrogens (tertiary/aromatic N) is 1. The van der Waals surface area contributed by atoms with Crippen LogP contribution in [0.3, 0.4) is 0 Å². The lowest BCUT2D eigenvalue weighted by atomic mass is 9.78. The summed E-state index contributed by atoms with van der Waals surface area (Å²) in [6, 6.07) is 16.4. The number of rotatable bonds is 6. The first kappa shape index (κ1) is 24.4. The molecule has 4 rings (SSSR count). The van der Waals surface area contributed by atoms with E-state index in [1.807, 2.05) is 30.3 Å². The van der Waals surface area contributed by atoms with Crippen LogP contribution in [0.1, 0.15) is 49.1 Å².